The number of carboxylic acids is 1. The fourth-order valence-electron chi connectivity index (χ4n) is 5.14. The molecule has 0 bridgehead atoms. The monoisotopic (exact) mass is 371 g/mol. The maximum absolute atomic E-state index is 12.7. The highest BCUT2D eigenvalue weighted by molar-refractivity contribution is 5.80. The Morgan fingerprint density at radius 3 is 2.59 bits per heavy atom. The van der Waals surface area contributed by atoms with E-state index in [9.17, 15) is 14.7 Å². The molecule has 1 aromatic rings. The van der Waals surface area contributed by atoms with Crippen LogP contribution in [0.1, 0.15) is 43.2 Å². The summed E-state index contributed by atoms with van der Waals surface area (Å²) in [5, 5.41) is 12.7. The molecular weight excluding hydrogens is 342 g/mol. The molecule has 1 aliphatic carbocycles. The predicted octanol–water partition coefficient (Wildman–Crippen LogP) is 2.68. The minimum atomic E-state index is -0.740. The van der Waals surface area contributed by atoms with Crippen molar-refractivity contribution < 1.29 is 14.7 Å². The molecule has 1 saturated carbocycles. The van der Waals surface area contributed by atoms with E-state index in [1.807, 2.05) is 6.07 Å². The number of hydrogen-bond acceptors (Lipinski definition) is 3. The number of hydrogen-bond donors (Lipinski definition) is 2. The van der Waals surface area contributed by atoms with Crippen LogP contribution in [0.4, 0.5) is 4.79 Å². The molecule has 2 saturated heterocycles. The van der Waals surface area contributed by atoms with Gasteiger partial charge in [-0.25, -0.2) is 4.79 Å². The van der Waals surface area contributed by atoms with Gasteiger partial charge in [0, 0.05) is 26.2 Å². The number of carbonyl (C=O) groups is 2. The molecule has 6 nitrogen and oxygen atoms in total. The molecule has 2 N–H and O–H groups in total. The summed E-state index contributed by atoms with van der Waals surface area (Å²) in [6, 6.07) is 8.13. The second kappa shape index (κ2) is 7.50. The molecule has 146 valence electrons. The predicted molar refractivity (Wildman–Crippen MR) is 102 cm³/mol. The van der Waals surface area contributed by atoms with Crippen LogP contribution in [0.3, 0.4) is 0 Å². The van der Waals surface area contributed by atoms with E-state index in [1.165, 1.54) is 18.4 Å². The fraction of sp³-hybridized carbons (Fsp3) is 0.619. The number of nitrogens with one attached hydrogen (secondary N) is 1. The Bertz CT molecular complexity index is 716. The lowest BCUT2D eigenvalue weighted by Gasteiger charge is -2.23. The summed E-state index contributed by atoms with van der Waals surface area (Å²) >= 11 is 0. The molecule has 2 atom stereocenters. The number of likely N-dealkylation sites (tertiary alicyclic amines) is 2. The minimum absolute atomic E-state index is 0.100. The molecule has 3 fully saturated rings. The summed E-state index contributed by atoms with van der Waals surface area (Å²) in [6.07, 6.45) is 5.08. The first-order valence-corrected chi connectivity index (χ1v) is 10.1. The van der Waals surface area contributed by atoms with Crippen molar-refractivity contribution in [2.24, 2.45) is 11.3 Å². The molecule has 3 aliphatic rings. The summed E-state index contributed by atoms with van der Waals surface area (Å²) in [7, 11) is 0. The van der Waals surface area contributed by atoms with Crippen molar-refractivity contribution in [2.75, 3.05) is 26.2 Å². The molecule has 0 radical (unpaired) electrons. The number of carboxylic acid groups (broad SMARTS) is 1. The van der Waals surface area contributed by atoms with Crippen molar-refractivity contribution >= 4 is 12.0 Å². The summed E-state index contributed by atoms with van der Waals surface area (Å²) in [6.45, 7) is 4.62. The maximum atomic E-state index is 12.7. The fourth-order valence-corrected chi connectivity index (χ4v) is 5.14. The van der Waals surface area contributed by atoms with Crippen LogP contribution in [0.15, 0.2) is 24.3 Å². The van der Waals surface area contributed by atoms with Gasteiger partial charge in [0.25, 0.3) is 0 Å². The van der Waals surface area contributed by atoms with Gasteiger partial charge in [-0.3, -0.25) is 9.69 Å². The summed E-state index contributed by atoms with van der Waals surface area (Å²) < 4.78 is 0. The van der Waals surface area contributed by atoms with Crippen molar-refractivity contribution in [2.45, 2.75) is 45.2 Å². The van der Waals surface area contributed by atoms with Gasteiger partial charge in [-0.2, -0.15) is 0 Å². The molecule has 27 heavy (non-hydrogen) atoms. The summed E-state index contributed by atoms with van der Waals surface area (Å²) in [4.78, 5) is 28.6. The number of aliphatic carboxylic acids is 1. The van der Waals surface area contributed by atoms with Crippen LogP contribution in [0.5, 0.6) is 0 Å². The van der Waals surface area contributed by atoms with E-state index in [0.717, 1.165) is 38.0 Å². The van der Waals surface area contributed by atoms with E-state index in [-0.39, 0.29) is 11.9 Å². The topological polar surface area (TPSA) is 72.9 Å². The third-order valence-corrected chi connectivity index (χ3v) is 6.72. The van der Waals surface area contributed by atoms with Crippen LogP contribution in [0, 0.1) is 11.3 Å². The molecule has 4 rings (SSSR count). The van der Waals surface area contributed by atoms with Gasteiger partial charge in [-0.05, 0) is 55.8 Å². The molecule has 0 aromatic heterocycles. The molecular formula is C21H29N3O3. The van der Waals surface area contributed by atoms with Crippen LogP contribution in [-0.4, -0.2) is 53.1 Å². The average Bonchev–Trinajstić information content (AvgIpc) is 3.36. The quantitative estimate of drug-likeness (QED) is 0.835. The number of carbonyl (C=O) groups excluding carboxylic acids is 1. The molecule has 1 aromatic carbocycles. The summed E-state index contributed by atoms with van der Waals surface area (Å²) in [5.41, 5.74) is 1.69. The third kappa shape index (κ3) is 3.55. The van der Waals surface area contributed by atoms with Crippen LogP contribution in [0.25, 0.3) is 0 Å². The molecule has 2 aliphatic heterocycles. The van der Waals surface area contributed by atoms with E-state index in [2.05, 4.69) is 28.4 Å². The average molecular weight is 371 g/mol. The van der Waals surface area contributed by atoms with Crippen molar-refractivity contribution in [1.82, 2.24) is 15.1 Å². The number of nitrogens with zero attached hydrogens (tertiary/aromatic N) is 2. The van der Waals surface area contributed by atoms with Crippen molar-refractivity contribution in [1.29, 1.82) is 0 Å². The highest BCUT2D eigenvalue weighted by atomic mass is 16.4. The van der Waals surface area contributed by atoms with Gasteiger partial charge in [-0.15, -0.1) is 0 Å². The zero-order valence-corrected chi connectivity index (χ0v) is 15.8. The Labute approximate surface area is 160 Å². The third-order valence-electron chi connectivity index (χ3n) is 6.72. The van der Waals surface area contributed by atoms with Gasteiger partial charge in [0.2, 0.25) is 0 Å². The molecule has 0 spiro atoms. The Hall–Kier alpha value is -2.08. The molecule has 2 heterocycles. The normalized spacial score (nSPS) is 27.7. The SMILES string of the molecule is O=C(NCc1ccccc1CN1CCCC1)N1C[C@@H]2CCC[C@@]2(C(=O)O)C1. The second-order valence-corrected chi connectivity index (χ2v) is 8.34. The lowest BCUT2D eigenvalue weighted by molar-refractivity contribution is -0.149. The highest BCUT2D eigenvalue weighted by Crippen LogP contribution is 2.48. The number of fused-ring (bicyclic) bond motifs is 1. The Morgan fingerprint density at radius 1 is 1.15 bits per heavy atom. The van der Waals surface area contributed by atoms with Gasteiger partial charge in [0.15, 0.2) is 0 Å². The molecule has 6 heteroatoms. The van der Waals surface area contributed by atoms with E-state index < -0.39 is 11.4 Å². The first kappa shape index (κ1) is 18.3. The van der Waals surface area contributed by atoms with Gasteiger partial charge < -0.3 is 15.3 Å². The van der Waals surface area contributed by atoms with Gasteiger partial charge >= 0.3 is 12.0 Å². The first-order chi connectivity index (χ1) is 13.1. The van der Waals surface area contributed by atoms with Crippen molar-refractivity contribution in [3.05, 3.63) is 35.4 Å². The van der Waals surface area contributed by atoms with E-state index in [1.54, 1.807) is 4.90 Å². The van der Waals surface area contributed by atoms with Gasteiger partial charge in [0.1, 0.15) is 0 Å². The van der Waals surface area contributed by atoms with E-state index in [4.69, 9.17) is 0 Å². The first-order valence-electron chi connectivity index (χ1n) is 10.1. The lowest BCUT2D eigenvalue weighted by Crippen LogP contribution is -2.41. The van der Waals surface area contributed by atoms with Crippen molar-refractivity contribution in [3.8, 4) is 0 Å². The lowest BCUT2D eigenvalue weighted by atomic mass is 9.81. The van der Waals surface area contributed by atoms with Gasteiger partial charge in [0.05, 0.1) is 5.41 Å². The maximum Gasteiger partial charge on any atom is 0.317 e. The van der Waals surface area contributed by atoms with Crippen LogP contribution in [-0.2, 0) is 17.9 Å². The molecule has 2 amide bonds. The molecule has 0 unspecified atom stereocenters. The van der Waals surface area contributed by atoms with Gasteiger partial charge in [-0.1, -0.05) is 30.7 Å². The second-order valence-electron chi connectivity index (χ2n) is 8.34. The van der Waals surface area contributed by atoms with E-state index in [0.29, 0.717) is 26.1 Å². The smallest absolute Gasteiger partial charge is 0.317 e. The van der Waals surface area contributed by atoms with Crippen molar-refractivity contribution in [3.63, 3.8) is 0 Å². The number of amides is 2. The number of urea groups is 1. The van der Waals surface area contributed by atoms with Crippen LogP contribution < -0.4 is 5.32 Å². The Kier molecular flexibility index (Phi) is 5.08. The summed E-state index contributed by atoms with van der Waals surface area (Å²) in [5.74, 6) is -0.639. The zero-order chi connectivity index (χ0) is 18.9. The Balaban J connectivity index is 1.37. The van der Waals surface area contributed by atoms with Crippen LogP contribution >= 0.6 is 0 Å². The minimum Gasteiger partial charge on any atom is -0.481 e. The number of benzene rings is 1. The standard InChI is InChI=1S/C21H29N3O3/c25-19(26)21-9-5-8-18(21)14-24(15-21)20(27)22-12-16-6-1-2-7-17(16)13-23-10-3-4-11-23/h1-2,6-7,18H,3-5,8-15H2,(H,22,27)(H,25,26)/t18-,21+/m0/s1. The number of rotatable bonds is 5. The van der Waals surface area contributed by atoms with E-state index >= 15 is 0 Å². The zero-order valence-electron chi connectivity index (χ0n) is 15.8. The Morgan fingerprint density at radius 2 is 1.89 bits per heavy atom. The largest absolute Gasteiger partial charge is 0.481 e. The highest BCUT2D eigenvalue weighted by Gasteiger charge is 2.55. The van der Waals surface area contributed by atoms with Crippen LogP contribution in [0.2, 0.25) is 0 Å².